The maximum atomic E-state index is 5.10. The molecule has 2 aliphatic rings. The minimum Gasteiger partial charge on any atom is -0.244 e. The predicted octanol–water partition coefficient (Wildman–Crippen LogP) is 11.1. The summed E-state index contributed by atoms with van der Waals surface area (Å²) in [4.78, 5) is 23.9. The highest BCUT2D eigenvalue weighted by atomic mass is 15.0. The van der Waals surface area contributed by atoms with Gasteiger partial charge in [-0.25, -0.2) is 24.9 Å². The molecule has 2 aliphatic carbocycles. The molecule has 2 fully saturated rings. The molecule has 4 aromatic carbocycles. The second-order valence-electron chi connectivity index (χ2n) is 13.5. The molecule has 0 atom stereocenters. The third-order valence-corrected chi connectivity index (χ3v) is 10.2. The third-order valence-electron chi connectivity index (χ3n) is 10.2. The second kappa shape index (κ2) is 14.0. The molecule has 2 saturated carbocycles. The summed E-state index contributed by atoms with van der Waals surface area (Å²) in [6, 6.07) is 34.6. The van der Waals surface area contributed by atoms with Crippen LogP contribution in [0.5, 0.6) is 0 Å². The van der Waals surface area contributed by atoms with Crippen LogP contribution in [0.25, 0.3) is 56.4 Å². The normalized spacial score (nSPS) is 15.8. The number of hydrogen-bond acceptors (Lipinski definition) is 5. The molecule has 5 heteroatoms. The minimum atomic E-state index is 0.636. The molecule has 0 bridgehead atoms. The highest BCUT2D eigenvalue weighted by molar-refractivity contribution is 5.80. The highest BCUT2D eigenvalue weighted by Crippen LogP contribution is 2.41. The number of hydrogen-bond donors (Lipinski definition) is 0. The van der Waals surface area contributed by atoms with Crippen molar-refractivity contribution in [2.45, 2.75) is 76.0 Å². The van der Waals surface area contributed by atoms with Gasteiger partial charge >= 0.3 is 0 Å². The van der Waals surface area contributed by atoms with Crippen LogP contribution in [0.15, 0.2) is 116 Å². The standard InChI is InChI=1S/C43H41N5/c1-5-13-30(14-6-1)34-21-35(31-15-7-2-8-16-31)23-36(22-34)37-24-38(40-27-44-29-45-28-40)26-39(25-37)43-47-41(32-17-9-3-10-18-32)46-42(48-43)33-19-11-4-12-20-33/h3-4,9-12,17-31H,1-2,5-8,13-16H2. The molecule has 0 spiro atoms. The van der Waals surface area contributed by atoms with Crippen molar-refractivity contribution in [2.24, 2.45) is 0 Å². The first kappa shape index (κ1) is 30.3. The maximum Gasteiger partial charge on any atom is 0.164 e. The zero-order valence-electron chi connectivity index (χ0n) is 27.4. The van der Waals surface area contributed by atoms with Crippen molar-refractivity contribution in [3.63, 3.8) is 0 Å². The van der Waals surface area contributed by atoms with Crippen LogP contribution in [0, 0.1) is 0 Å². The SMILES string of the molecule is c1ccc(-c2nc(-c3ccccc3)nc(-c3cc(-c4cncnc4)cc(-c4cc(C5CCCCC5)cc(C5CCCCC5)c4)c3)n2)cc1. The van der Waals surface area contributed by atoms with Crippen molar-refractivity contribution >= 4 is 0 Å². The Morgan fingerprint density at radius 3 is 1.29 bits per heavy atom. The molecule has 2 aromatic heterocycles. The summed E-state index contributed by atoms with van der Waals surface area (Å²) in [7, 11) is 0. The Balaban J connectivity index is 1.31. The molecular weight excluding hydrogens is 587 g/mol. The summed E-state index contributed by atoms with van der Waals surface area (Å²) in [5, 5.41) is 0. The molecular formula is C43H41N5. The summed E-state index contributed by atoms with van der Waals surface area (Å²) in [5.74, 6) is 3.24. The second-order valence-corrected chi connectivity index (χ2v) is 13.5. The number of aromatic nitrogens is 5. The first-order chi connectivity index (χ1) is 23.8. The summed E-state index contributed by atoms with van der Waals surface area (Å²) in [5.41, 5.74) is 10.4. The predicted molar refractivity (Wildman–Crippen MR) is 194 cm³/mol. The van der Waals surface area contributed by atoms with Crippen LogP contribution in [0.3, 0.4) is 0 Å². The van der Waals surface area contributed by atoms with Crippen LogP contribution in [-0.4, -0.2) is 24.9 Å². The monoisotopic (exact) mass is 627 g/mol. The third kappa shape index (κ3) is 6.68. The lowest BCUT2D eigenvalue weighted by Gasteiger charge is -2.27. The van der Waals surface area contributed by atoms with E-state index >= 15 is 0 Å². The molecule has 2 heterocycles. The Hall–Kier alpha value is -5.03. The van der Waals surface area contributed by atoms with Gasteiger partial charge in [0, 0.05) is 34.6 Å². The van der Waals surface area contributed by atoms with Gasteiger partial charge in [0.1, 0.15) is 6.33 Å². The fraction of sp³-hybridized carbons (Fsp3) is 0.279. The van der Waals surface area contributed by atoms with Crippen molar-refractivity contribution in [3.8, 4) is 56.4 Å². The van der Waals surface area contributed by atoms with Crippen molar-refractivity contribution < 1.29 is 0 Å². The van der Waals surface area contributed by atoms with E-state index in [1.54, 1.807) is 6.33 Å². The minimum absolute atomic E-state index is 0.636. The molecule has 5 nitrogen and oxygen atoms in total. The fourth-order valence-electron chi connectivity index (χ4n) is 7.66. The van der Waals surface area contributed by atoms with Crippen molar-refractivity contribution in [1.29, 1.82) is 0 Å². The van der Waals surface area contributed by atoms with Gasteiger partial charge in [-0.1, -0.05) is 117 Å². The van der Waals surface area contributed by atoms with E-state index in [0.717, 1.165) is 27.8 Å². The Morgan fingerprint density at radius 1 is 0.375 bits per heavy atom. The van der Waals surface area contributed by atoms with Gasteiger partial charge in [-0.15, -0.1) is 0 Å². The van der Waals surface area contributed by atoms with Crippen LogP contribution < -0.4 is 0 Å². The summed E-state index contributed by atoms with van der Waals surface area (Å²) in [6.07, 6.45) is 18.5. The number of rotatable bonds is 7. The quantitative estimate of drug-likeness (QED) is 0.176. The largest absolute Gasteiger partial charge is 0.244 e. The van der Waals surface area contributed by atoms with Crippen LogP contribution in [0.1, 0.15) is 87.2 Å². The molecule has 48 heavy (non-hydrogen) atoms. The van der Waals surface area contributed by atoms with Gasteiger partial charge < -0.3 is 0 Å². The van der Waals surface area contributed by atoms with Crippen molar-refractivity contribution in [2.75, 3.05) is 0 Å². The first-order valence-electron chi connectivity index (χ1n) is 17.7. The van der Waals surface area contributed by atoms with Crippen molar-refractivity contribution in [3.05, 3.63) is 127 Å². The lowest BCUT2D eigenvalue weighted by molar-refractivity contribution is 0.435. The van der Waals surface area contributed by atoms with E-state index in [1.165, 1.54) is 86.5 Å². The Morgan fingerprint density at radius 2 is 0.792 bits per heavy atom. The molecule has 0 unspecified atom stereocenters. The average Bonchev–Trinajstić information content (AvgIpc) is 3.19. The lowest BCUT2D eigenvalue weighted by atomic mass is 9.78. The Bertz CT molecular complexity index is 1890. The highest BCUT2D eigenvalue weighted by Gasteiger charge is 2.22. The molecule has 0 radical (unpaired) electrons. The molecule has 0 amide bonds. The smallest absolute Gasteiger partial charge is 0.164 e. The van der Waals surface area contributed by atoms with Gasteiger partial charge in [-0.3, -0.25) is 0 Å². The molecule has 8 rings (SSSR count). The Labute approximate surface area is 283 Å². The molecule has 0 aliphatic heterocycles. The maximum absolute atomic E-state index is 5.10. The van der Waals surface area contributed by atoms with Gasteiger partial charge in [0.05, 0.1) is 0 Å². The van der Waals surface area contributed by atoms with Gasteiger partial charge in [-0.2, -0.15) is 0 Å². The fourth-order valence-corrected chi connectivity index (χ4v) is 7.66. The van der Waals surface area contributed by atoms with Crippen LogP contribution in [0.4, 0.5) is 0 Å². The van der Waals surface area contributed by atoms with Crippen LogP contribution in [-0.2, 0) is 0 Å². The van der Waals surface area contributed by atoms with E-state index in [1.807, 2.05) is 48.8 Å². The first-order valence-corrected chi connectivity index (χ1v) is 17.7. The number of nitrogens with zero attached hydrogens (tertiary/aromatic N) is 5. The van der Waals surface area contributed by atoms with Crippen molar-refractivity contribution in [1.82, 2.24) is 24.9 Å². The summed E-state index contributed by atoms with van der Waals surface area (Å²) in [6.45, 7) is 0. The average molecular weight is 628 g/mol. The van der Waals surface area contributed by atoms with E-state index < -0.39 is 0 Å². The summed E-state index contributed by atoms with van der Waals surface area (Å²) < 4.78 is 0. The van der Waals surface area contributed by atoms with Gasteiger partial charge in [0.15, 0.2) is 17.5 Å². The van der Waals surface area contributed by atoms with Gasteiger partial charge in [0.25, 0.3) is 0 Å². The van der Waals surface area contributed by atoms with E-state index in [0.29, 0.717) is 29.3 Å². The zero-order valence-corrected chi connectivity index (χ0v) is 27.4. The van der Waals surface area contributed by atoms with Gasteiger partial charge in [-0.05, 0) is 83.5 Å². The molecule has 0 N–H and O–H groups in total. The van der Waals surface area contributed by atoms with Crippen LogP contribution >= 0.6 is 0 Å². The topological polar surface area (TPSA) is 64.5 Å². The summed E-state index contributed by atoms with van der Waals surface area (Å²) >= 11 is 0. The van der Waals surface area contributed by atoms with E-state index in [4.69, 9.17) is 15.0 Å². The Kier molecular flexibility index (Phi) is 8.83. The molecule has 6 aromatic rings. The van der Waals surface area contributed by atoms with Gasteiger partial charge in [0.2, 0.25) is 0 Å². The van der Waals surface area contributed by atoms with E-state index in [-0.39, 0.29) is 0 Å². The molecule has 238 valence electrons. The number of benzene rings is 4. The molecule has 0 saturated heterocycles. The lowest BCUT2D eigenvalue weighted by Crippen LogP contribution is -2.08. The van der Waals surface area contributed by atoms with Crippen LogP contribution in [0.2, 0.25) is 0 Å². The van der Waals surface area contributed by atoms with E-state index in [2.05, 4.69) is 70.6 Å². The van der Waals surface area contributed by atoms with E-state index in [9.17, 15) is 0 Å². The zero-order chi connectivity index (χ0) is 32.1.